The van der Waals surface area contributed by atoms with E-state index in [9.17, 15) is 39.6 Å². The molecule has 0 aliphatic heterocycles. The lowest BCUT2D eigenvalue weighted by Crippen LogP contribution is -2.63. The van der Waals surface area contributed by atoms with Gasteiger partial charge in [0.25, 0.3) is 10.1 Å². The Kier molecular flexibility index (Phi) is 7.56. The fourth-order valence-electron chi connectivity index (χ4n) is 2.48. The monoisotopic (exact) mass is 438 g/mol. The predicted octanol–water partition coefficient (Wildman–Crippen LogP) is 1.60. The van der Waals surface area contributed by atoms with Crippen molar-refractivity contribution in [2.45, 2.75) is 36.9 Å². The second-order valence-corrected chi connectivity index (χ2v) is 7.29. The van der Waals surface area contributed by atoms with E-state index in [0.29, 0.717) is 5.56 Å². The van der Waals surface area contributed by atoms with Crippen molar-refractivity contribution < 1.29 is 48.8 Å². The predicted molar refractivity (Wildman–Crippen MR) is 91.5 cm³/mol. The van der Waals surface area contributed by atoms with Gasteiger partial charge in [-0.25, -0.2) is 4.79 Å². The highest BCUT2D eigenvalue weighted by molar-refractivity contribution is 7.85. The lowest BCUT2D eigenvalue weighted by Gasteiger charge is -2.35. The molecule has 0 unspecified atom stereocenters. The molecule has 5 nitrogen and oxygen atoms in total. The van der Waals surface area contributed by atoms with Crippen molar-refractivity contribution in [2.75, 3.05) is 5.75 Å². The van der Waals surface area contributed by atoms with Crippen molar-refractivity contribution in [3.05, 3.63) is 34.4 Å². The van der Waals surface area contributed by atoms with Crippen LogP contribution in [0.2, 0.25) is 0 Å². The summed E-state index contributed by atoms with van der Waals surface area (Å²) in [5.74, 6) is -5.16. The second kappa shape index (κ2) is 8.62. The van der Waals surface area contributed by atoms with Crippen molar-refractivity contribution in [1.29, 1.82) is 0 Å². The highest BCUT2D eigenvalue weighted by atomic mass is 32.2. The van der Waals surface area contributed by atoms with Crippen LogP contribution in [0.4, 0.5) is 26.3 Å². The first-order chi connectivity index (χ1) is 13.0. The Labute approximate surface area is 166 Å². The molecule has 1 rings (SSSR count). The van der Waals surface area contributed by atoms with Gasteiger partial charge in [-0.1, -0.05) is 36.7 Å². The zero-order valence-electron chi connectivity index (χ0n) is 14.5. The number of rotatable bonds is 7. The zero-order valence-corrected chi connectivity index (χ0v) is 15.3. The summed E-state index contributed by atoms with van der Waals surface area (Å²) in [4.78, 5) is 12.4. The third kappa shape index (κ3) is 5.50. The summed E-state index contributed by atoms with van der Waals surface area (Å²) in [7, 11) is 10.3. The fourth-order valence-corrected chi connectivity index (χ4v) is 3.38. The summed E-state index contributed by atoms with van der Waals surface area (Å²) in [6, 6.07) is 2.31. The van der Waals surface area contributed by atoms with E-state index in [1.165, 1.54) is 0 Å². The van der Waals surface area contributed by atoms with Crippen LogP contribution in [0.25, 0.3) is 0 Å². The van der Waals surface area contributed by atoms with Gasteiger partial charge in [0.2, 0.25) is 0 Å². The molecule has 154 valence electrons. The van der Waals surface area contributed by atoms with E-state index >= 15 is 0 Å². The van der Waals surface area contributed by atoms with Crippen LogP contribution in [0, 0.1) is 0 Å². The molecular weight excluding hydrogens is 427 g/mol. The third-order valence-corrected chi connectivity index (χ3v) is 4.58. The molecule has 0 fully saturated rings. The standard InChI is InChI=1S/C14H11B3F6O5S/c15-3-7-1-8(4-16)10(9(2-7)5-17)11(24)28-12(13(18,19)20,14(21,22)23)6-29(25,26)27/h1-2H,3-6H2,(H,25,26,27). The normalized spacial score (nSPS) is 13.3. The second-order valence-electron chi connectivity index (χ2n) is 5.84. The molecule has 0 amide bonds. The minimum absolute atomic E-state index is 0.104. The van der Waals surface area contributed by atoms with Crippen molar-refractivity contribution in [2.24, 2.45) is 0 Å². The van der Waals surface area contributed by atoms with Gasteiger partial charge in [-0.15, -0.1) is 0 Å². The van der Waals surface area contributed by atoms with Crippen molar-refractivity contribution in [1.82, 2.24) is 0 Å². The van der Waals surface area contributed by atoms with Crippen LogP contribution in [0.15, 0.2) is 12.1 Å². The van der Waals surface area contributed by atoms with Crippen molar-refractivity contribution in [3.63, 3.8) is 0 Å². The SMILES string of the molecule is [B]Cc1cc(C[B])c(C(=O)OC(CS(=O)(=O)O)(C(F)(F)F)C(F)(F)F)c(C[B])c1. The Morgan fingerprint density at radius 3 is 1.62 bits per heavy atom. The molecule has 0 aromatic heterocycles. The van der Waals surface area contributed by atoms with Crippen LogP contribution in [-0.2, 0) is 33.8 Å². The molecule has 0 aliphatic rings. The molecule has 29 heavy (non-hydrogen) atoms. The Morgan fingerprint density at radius 1 is 0.931 bits per heavy atom. The number of benzene rings is 1. The zero-order chi connectivity index (χ0) is 22.8. The summed E-state index contributed by atoms with van der Waals surface area (Å²) < 4.78 is 114. The molecule has 6 radical (unpaired) electrons. The first-order valence-corrected chi connectivity index (χ1v) is 9.20. The molecule has 0 heterocycles. The van der Waals surface area contributed by atoms with Crippen LogP contribution < -0.4 is 0 Å². The summed E-state index contributed by atoms with van der Waals surface area (Å²) in [6.07, 6.45) is -14.0. The van der Waals surface area contributed by atoms with Crippen LogP contribution in [0.5, 0.6) is 0 Å². The molecule has 15 heteroatoms. The van der Waals surface area contributed by atoms with E-state index in [-0.39, 0.29) is 17.4 Å². The molecule has 0 saturated heterocycles. The molecule has 0 aliphatic carbocycles. The average molecular weight is 438 g/mol. The highest BCUT2D eigenvalue weighted by Gasteiger charge is 2.76. The van der Waals surface area contributed by atoms with E-state index < -0.39 is 58.0 Å². The maximum atomic E-state index is 13.3. The highest BCUT2D eigenvalue weighted by Crippen LogP contribution is 2.47. The number of hydrogen-bond donors (Lipinski definition) is 1. The van der Waals surface area contributed by atoms with Gasteiger partial charge in [0.05, 0.1) is 29.1 Å². The van der Waals surface area contributed by atoms with Crippen LogP contribution in [-0.4, -0.2) is 66.2 Å². The molecule has 0 atom stereocenters. The Hall–Kier alpha value is -1.63. The summed E-state index contributed by atoms with van der Waals surface area (Å²) in [5, 5.41) is 0. The number of hydrogen-bond acceptors (Lipinski definition) is 4. The van der Waals surface area contributed by atoms with E-state index in [2.05, 4.69) is 4.74 Å². The van der Waals surface area contributed by atoms with Gasteiger partial charge in [-0.05, 0) is 11.1 Å². The lowest BCUT2D eigenvalue weighted by molar-refractivity contribution is -0.356. The minimum Gasteiger partial charge on any atom is -0.435 e. The van der Waals surface area contributed by atoms with E-state index in [4.69, 9.17) is 28.1 Å². The Bertz CT molecular complexity index is 830. The fraction of sp³-hybridized carbons (Fsp3) is 0.500. The Morgan fingerprint density at radius 2 is 1.34 bits per heavy atom. The van der Waals surface area contributed by atoms with Gasteiger partial charge >= 0.3 is 23.9 Å². The van der Waals surface area contributed by atoms with Gasteiger partial charge in [0.1, 0.15) is 5.75 Å². The molecule has 0 saturated carbocycles. The van der Waals surface area contributed by atoms with Gasteiger partial charge in [-0.2, -0.15) is 34.8 Å². The number of carbonyl (C=O) groups is 1. The van der Waals surface area contributed by atoms with E-state index in [0.717, 1.165) is 12.1 Å². The number of ether oxygens (including phenoxy) is 1. The third-order valence-electron chi connectivity index (χ3n) is 3.81. The number of carbonyl (C=O) groups excluding carboxylic acids is 1. The molecule has 1 aromatic rings. The molecule has 1 aromatic carbocycles. The molecular formula is C14H11B3F6O5S. The maximum Gasteiger partial charge on any atom is 0.438 e. The molecule has 1 N–H and O–H groups in total. The van der Waals surface area contributed by atoms with Crippen LogP contribution in [0.1, 0.15) is 27.0 Å². The number of halogens is 6. The van der Waals surface area contributed by atoms with Crippen molar-refractivity contribution >= 4 is 39.6 Å². The Balaban J connectivity index is 3.70. The molecule has 0 spiro atoms. The van der Waals surface area contributed by atoms with Gasteiger partial charge in [0.15, 0.2) is 0 Å². The summed E-state index contributed by atoms with van der Waals surface area (Å²) >= 11 is 0. The quantitative estimate of drug-likeness (QED) is 0.303. The maximum absolute atomic E-state index is 13.3. The largest absolute Gasteiger partial charge is 0.438 e. The van der Waals surface area contributed by atoms with Crippen LogP contribution >= 0.6 is 0 Å². The van der Waals surface area contributed by atoms with E-state index in [1.54, 1.807) is 0 Å². The van der Waals surface area contributed by atoms with E-state index in [1.807, 2.05) is 0 Å². The van der Waals surface area contributed by atoms with Crippen molar-refractivity contribution in [3.8, 4) is 0 Å². The number of alkyl halides is 6. The first kappa shape index (κ1) is 25.4. The van der Waals surface area contributed by atoms with Gasteiger partial charge < -0.3 is 4.74 Å². The molecule has 0 bridgehead atoms. The van der Waals surface area contributed by atoms with Gasteiger partial charge in [0, 0.05) is 0 Å². The smallest absolute Gasteiger partial charge is 0.435 e. The average Bonchev–Trinajstić information content (AvgIpc) is 2.56. The number of esters is 1. The first-order valence-electron chi connectivity index (χ1n) is 7.59. The van der Waals surface area contributed by atoms with Crippen LogP contribution in [0.3, 0.4) is 0 Å². The van der Waals surface area contributed by atoms with Gasteiger partial charge in [-0.3, -0.25) is 4.55 Å². The summed E-state index contributed by atoms with van der Waals surface area (Å²) in [6.45, 7) is 0. The lowest BCUT2D eigenvalue weighted by atomic mass is 9.82. The topological polar surface area (TPSA) is 80.7 Å². The summed E-state index contributed by atoms with van der Waals surface area (Å²) in [5.41, 5.74) is -6.43. The minimum atomic E-state index is -6.44.